The fraction of sp³-hybridized carbons (Fsp3) is 0.634. The lowest BCUT2D eigenvalue weighted by Crippen LogP contribution is -2.54. The van der Waals surface area contributed by atoms with Crippen molar-refractivity contribution in [1.82, 2.24) is 14.5 Å². The highest BCUT2D eigenvalue weighted by Gasteiger charge is 2.40. The lowest BCUT2D eigenvalue weighted by Gasteiger charge is -2.47. The third kappa shape index (κ3) is 8.69. The number of anilines is 1. The molecule has 6 rings (SSSR count). The summed E-state index contributed by atoms with van der Waals surface area (Å²) in [6.07, 6.45) is 10.2. The second kappa shape index (κ2) is 16.2. The molecule has 0 aromatic heterocycles. The first kappa shape index (κ1) is 37.5. The van der Waals surface area contributed by atoms with Crippen LogP contribution in [0.4, 0.5) is 5.69 Å². The summed E-state index contributed by atoms with van der Waals surface area (Å²) in [6, 6.07) is 12.0. The molecule has 1 saturated carbocycles. The molecule has 2 bridgehead atoms. The van der Waals surface area contributed by atoms with Gasteiger partial charge in [0.25, 0.3) is 5.91 Å². The number of nitrogens with one attached hydrogen (secondary N) is 1. The summed E-state index contributed by atoms with van der Waals surface area (Å²) in [5, 5.41) is 0.600. The summed E-state index contributed by atoms with van der Waals surface area (Å²) in [7, 11) is 0. The minimum Gasteiger partial charge on any atom is -0.593 e. The predicted octanol–water partition coefficient (Wildman–Crippen LogP) is 7.71. The topological polar surface area (TPSA) is 71.1 Å². The van der Waals surface area contributed by atoms with Gasteiger partial charge in [-0.05, 0) is 113 Å². The number of benzene rings is 2. The van der Waals surface area contributed by atoms with E-state index < -0.39 is 11.4 Å². The van der Waals surface area contributed by atoms with Gasteiger partial charge in [0.2, 0.25) is 0 Å². The SMILES string of the molecule is CCCc1cc(Cl)ccc1C1COc2ccc3cc2N(C1)CC1CCC1C(CN1CCN(C(C)(C)C)CC1)/C=C/CC(C)C(C)[S+]([O-])NC3=O. The maximum Gasteiger partial charge on any atom is 0.292 e. The molecular weight excluding hydrogens is 664 g/mol. The predicted molar refractivity (Wildman–Crippen MR) is 208 cm³/mol. The van der Waals surface area contributed by atoms with Gasteiger partial charge in [0.1, 0.15) is 11.0 Å². The Hall–Kier alpha value is -2.23. The molecule has 4 aliphatic rings. The summed E-state index contributed by atoms with van der Waals surface area (Å²) in [5.41, 5.74) is 4.27. The Bertz CT molecular complexity index is 1510. The molecule has 50 heavy (non-hydrogen) atoms. The molecule has 7 nitrogen and oxygen atoms in total. The largest absolute Gasteiger partial charge is 0.593 e. The van der Waals surface area contributed by atoms with E-state index in [0.717, 1.165) is 81.5 Å². The van der Waals surface area contributed by atoms with Gasteiger partial charge < -0.3 is 19.1 Å². The maximum absolute atomic E-state index is 13.5. The van der Waals surface area contributed by atoms with E-state index in [0.29, 0.717) is 29.9 Å². The molecule has 9 heteroatoms. The molecule has 7 atom stereocenters. The standard InChI is InChI=1S/C41H59ClN4O3S/c1-7-9-30-22-35(42)14-16-36(30)34-26-45-25-33-12-15-37(33)32(24-44-18-20-46(21-19-44)41(4,5)6)11-8-10-28(2)29(3)50(48)43-40(47)31-13-17-39(49-27-34)38(45)23-31/h8,11,13-14,16-17,22-23,28-29,32-34,37H,7,9-10,12,15,18-21,24-27H2,1-6H3,(H,43,47)/b11-8+. The smallest absolute Gasteiger partial charge is 0.292 e. The molecule has 1 amide bonds. The Labute approximate surface area is 309 Å². The monoisotopic (exact) mass is 722 g/mol. The molecule has 2 fully saturated rings. The van der Waals surface area contributed by atoms with Crippen molar-refractivity contribution in [2.75, 3.05) is 57.3 Å². The van der Waals surface area contributed by atoms with Gasteiger partial charge >= 0.3 is 0 Å². The second-order valence-electron chi connectivity index (χ2n) is 16.4. The number of amides is 1. The number of carbonyl (C=O) groups excluding carboxylic acids is 1. The Morgan fingerprint density at radius 1 is 1.04 bits per heavy atom. The average molecular weight is 723 g/mol. The highest BCUT2D eigenvalue weighted by molar-refractivity contribution is 7.90. The third-order valence-electron chi connectivity index (χ3n) is 12.0. The average Bonchev–Trinajstić information content (AvgIpc) is 3.24. The molecule has 7 unspecified atom stereocenters. The minimum absolute atomic E-state index is 0.160. The van der Waals surface area contributed by atoms with Gasteiger partial charge in [-0.2, -0.15) is 4.72 Å². The van der Waals surface area contributed by atoms with Crippen LogP contribution in [-0.2, 0) is 17.8 Å². The Morgan fingerprint density at radius 2 is 1.82 bits per heavy atom. The van der Waals surface area contributed by atoms with Crippen molar-refractivity contribution in [1.29, 1.82) is 0 Å². The van der Waals surface area contributed by atoms with Crippen LogP contribution in [0.5, 0.6) is 5.75 Å². The van der Waals surface area contributed by atoms with E-state index in [2.05, 4.69) is 78.3 Å². The summed E-state index contributed by atoms with van der Waals surface area (Å²) in [5.74, 6) is 2.44. The number of rotatable bonds is 5. The first-order chi connectivity index (χ1) is 23.9. The fourth-order valence-electron chi connectivity index (χ4n) is 8.48. The van der Waals surface area contributed by atoms with Gasteiger partial charge in [-0.3, -0.25) is 9.69 Å². The number of aryl methyl sites for hydroxylation is 1. The molecule has 3 aliphatic heterocycles. The van der Waals surface area contributed by atoms with Gasteiger partial charge in [-0.1, -0.05) is 50.1 Å². The highest BCUT2D eigenvalue weighted by Crippen LogP contribution is 2.45. The maximum atomic E-state index is 13.5. The van der Waals surface area contributed by atoms with Crippen LogP contribution < -0.4 is 14.4 Å². The van der Waals surface area contributed by atoms with Crippen LogP contribution in [0.3, 0.4) is 0 Å². The fourth-order valence-corrected chi connectivity index (χ4v) is 9.69. The summed E-state index contributed by atoms with van der Waals surface area (Å²) >= 11 is 4.99. The quantitative estimate of drug-likeness (QED) is 0.252. The molecule has 0 spiro atoms. The van der Waals surface area contributed by atoms with E-state index in [4.69, 9.17) is 16.3 Å². The molecule has 2 aromatic carbocycles. The number of carbonyl (C=O) groups is 1. The zero-order chi connectivity index (χ0) is 35.6. The van der Waals surface area contributed by atoms with E-state index >= 15 is 0 Å². The minimum atomic E-state index is -1.50. The van der Waals surface area contributed by atoms with Crippen molar-refractivity contribution < 1.29 is 14.1 Å². The first-order valence-electron chi connectivity index (χ1n) is 19.1. The number of nitrogens with zero attached hydrogens (tertiary/aromatic N) is 3. The zero-order valence-corrected chi connectivity index (χ0v) is 32.7. The van der Waals surface area contributed by atoms with Crippen LogP contribution in [0.15, 0.2) is 48.6 Å². The van der Waals surface area contributed by atoms with Crippen molar-refractivity contribution in [2.45, 2.75) is 90.4 Å². The summed E-state index contributed by atoms with van der Waals surface area (Å²) in [6.45, 7) is 21.1. The van der Waals surface area contributed by atoms with E-state index in [1.165, 1.54) is 24.0 Å². The van der Waals surface area contributed by atoms with Gasteiger partial charge in [-0.15, -0.1) is 0 Å². The zero-order valence-electron chi connectivity index (χ0n) is 31.1. The number of allylic oxidation sites excluding steroid dienone is 1. The van der Waals surface area contributed by atoms with Gasteiger partial charge in [0.05, 0.1) is 23.7 Å². The number of fused-ring (bicyclic) bond motifs is 2. The van der Waals surface area contributed by atoms with E-state index in [1.54, 1.807) is 0 Å². The van der Waals surface area contributed by atoms with Crippen LogP contribution in [0.1, 0.15) is 94.6 Å². The number of hydrogen-bond donors (Lipinski definition) is 1. The lowest BCUT2D eigenvalue weighted by atomic mass is 9.66. The molecule has 3 heterocycles. The molecular formula is C41H59ClN4O3S. The molecule has 1 N–H and O–H groups in total. The van der Waals surface area contributed by atoms with E-state index in [9.17, 15) is 9.35 Å². The number of piperazine rings is 1. The molecule has 0 radical (unpaired) electrons. The van der Waals surface area contributed by atoms with Crippen molar-refractivity contribution in [3.8, 4) is 5.75 Å². The second-order valence-corrected chi connectivity index (χ2v) is 18.4. The number of hydrogen-bond acceptors (Lipinski definition) is 6. The number of halogens is 1. The Kier molecular flexibility index (Phi) is 12.2. The van der Waals surface area contributed by atoms with Crippen LogP contribution >= 0.6 is 11.6 Å². The van der Waals surface area contributed by atoms with Crippen LogP contribution in [0, 0.1) is 23.7 Å². The normalized spacial score (nSPS) is 30.8. The summed E-state index contributed by atoms with van der Waals surface area (Å²) < 4.78 is 22.8. The van der Waals surface area contributed by atoms with Crippen molar-refractivity contribution in [2.24, 2.45) is 23.7 Å². The van der Waals surface area contributed by atoms with Gasteiger partial charge in [0.15, 0.2) is 0 Å². The van der Waals surface area contributed by atoms with Crippen molar-refractivity contribution in [3.63, 3.8) is 0 Å². The van der Waals surface area contributed by atoms with E-state index in [1.807, 2.05) is 31.2 Å². The van der Waals surface area contributed by atoms with Crippen molar-refractivity contribution in [3.05, 3.63) is 70.3 Å². The molecule has 1 saturated heterocycles. The first-order valence-corrected chi connectivity index (χ1v) is 20.7. The van der Waals surface area contributed by atoms with Gasteiger partial charge in [0, 0.05) is 73.8 Å². The Balaban J connectivity index is 1.32. The van der Waals surface area contributed by atoms with E-state index in [-0.39, 0.29) is 28.5 Å². The van der Waals surface area contributed by atoms with Crippen LogP contribution in [0.25, 0.3) is 0 Å². The van der Waals surface area contributed by atoms with Crippen molar-refractivity contribution >= 4 is 34.6 Å². The molecule has 274 valence electrons. The third-order valence-corrected chi connectivity index (χ3v) is 13.8. The summed E-state index contributed by atoms with van der Waals surface area (Å²) in [4.78, 5) is 21.3. The van der Waals surface area contributed by atoms with Crippen LogP contribution in [-0.4, -0.2) is 83.5 Å². The van der Waals surface area contributed by atoms with Gasteiger partial charge in [-0.25, -0.2) is 0 Å². The lowest BCUT2D eigenvalue weighted by molar-refractivity contribution is 0.0405. The molecule has 1 aliphatic carbocycles. The number of ether oxygens (including phenoxy) is 1. The highest BCUT2D eigenvalue weighted by atomic mass is 35.5. The van der Waals surface area contributed by atoms with Crippen LogP contribution in [0.2, 0.25) is 5.02 Å². The Morgan fingerprint density at radius 3 is 2.52 bits per heavy atom. The molecule has 2 aromatic rings.